The van der Waals surface area contributed by atoms with Gasteiger partial charge in [-0.1, -0.05) is 0 Å². The maximum atomic E-state index is 11.0. The molecule has 0 bridgehead atoms. The normalized spacial score (nSPS) is 23.6. The Kier molecular flexibility index (Phi) is 3.58. The van der Waals surface area contributed by atoms with Crippen molar-refractivity contribution in [3.63, 3.8) is 0 Å². The minimum atomic E-state index is -0.505. The lowest BCUT2D eigenvalue weighted by Gasteiger charge is -2.14. The standard InChI is InChI=1S/C12H17N3O2/c1-17-10-3-2-8(6-10)15-9-4-5-14-11(7-9)12(13)16/h4-5,7-8,10H,2-3,6H2,1H3,(H2,13,16)(H,14,15). The fourth-order valence-electron chi connectivity index (χ4n) is 2.18. The van der Waals surface area contributed by atoms with Crippen molar-refractivity contribution in [1.29, 1.82) is 0 Å². The summed E-state index contributed by atoms with van der Waals surface area (Å²) in [5.41, 5.74) is 6.36. The molecule has 2 rings (SSSR count). The van der Waals surface area contributed by atoms with E-state index in [9.17, 15) is 4.79 Å². The summed E-state index contributed by atoms with van der Waals surface area (Å²) in [5, 5.41) is 3.37. The maximum absolute atomic E-state index is 11.0. The second-order valence-corrected chi connectivity index (χ2v) is 4.31. The average molecular weight is 235 g/mol. The number of primary amides is 1. The number of nitrogens with two attached hydrogens (primary N) is 1. The number of aromatic nitrogens is 1. The second kappa shape index (κ2) is 5.14. The highest BCUT2D eigenvalue weighted by molar-refractivity contribution is 5.91. The van der Waals surface area contributed by atoms with Gasteiger partial charge in [0.1, 0.15) is 5.69 Å². The van der Waals surface area contributed by atoms with Gasteiger partial charge >= 0.3 is 0 Å². The number of methoxy groups -OCH3 is 1. The molecule has 0 radical (unpaired) electrons. The Hall–Kier alpha value is -1.62. The number of pyridine rings is 1. The molecule has 1 aromatic rings. The molecular weight excluding hydrogens is 218 g/mol. The van der Waals surface area contributed by atoms with Crippen LogP contribution in [0.15, 0.2) is 18.3 Å². The Balaban J connectivity index is 1.99. The second-order valence-electron chi connectivity index (χ2n) is 4.31. The van der Waals surface area contributed by atoms with Crippen molar-refractivity contribution < 1.29 is 9.53 Å². The number of nitrogens with zero attached hydrogens (tertiary/aromatic N) is 1. The highest BCUT2D eigenvalue weighted by atomic mass is 16.5. The molecule has 17 heavy (non-hydrogen) atoms. The molecule has 0 spiro atoms. The molecule has 0 saturated heterocycles. The molecule has 1 saturated carbocycles. The monoisotopic (exact) mass is 235 g/mol. The van der Waals surface area contributed by atoms with Crippen LogP contribution in [0.5, 0.6) is 0 Å². The molecule has 1 aromatic heterocycles. The van der Waals surface area contributed by atoms with Gasteiger partial charge < -0.3 is 15.8 Å². The molecule has 5 heteroatoms. The third-order valence-electron chi connectivity index (χ3n) is 3.10. The zero-order valence-corrected chi connectivity index (χ0v) is 9.85. The van der Waals surface area contributed by atoms with E-state index in [4.69, 9.17) is 10.5 Å². The van der Waals surface area contributed by atoms with Crippen molar-refractivity contribution in [2.75, 3.05) is 12.4 Å². The lowest BCUT2D eigenvalue weighted by Crippen LogP contribution is -2.18. The number of rotatable bonds is 4. The first-order valence-corrected chi connectivity index (χ1v) is 5.74. The predicted octanol–water partition coefficient (Wildman–Crippen LogP) is 1.16. The van der Waals surface area contributed by atoms with E-state index in [1.807, 2.05) is 6.07 Å². The SMILES string of the molecule is COC1CCC(Nc2ccnc(C(N)=O)c2)C1. The van der Waals surface area contributed by atoms with Crippen LogP contribution < -0.4 is 11.1 Å². The minimum Gasteiger partial charge on any atom is -0.382 e. The van der Waals surface area contributed by atoms with Gasteiger partial charge in [0.05, 0.1) is 6.10 Å². The molecular formula is C12H17N3O2. The first-order chi connectivity index (χ1) is 8.19. The van der Waals surface area contributed by atoms with E-state index < -0.39 is 5.91 Å². The molecule has 1 heterocycles. The molecule has 0 aromatic carbocycles. The Morgan fingerprint density at radius 1 is 1.59 bits per heavy atom. The zero-order valence-electron chi connectivity index (χ0n) is 9.85. The largest absolute Gasteiger partial charge is 0.382 e. The number of carbonyl (C=O) groups is 1. The van der Waals surface area contributed by atoms with Crippen LogP contribution in [0.4, 0.5) is 5.69 Å². The summed E-state index contributed by atoms with van der Waals surface area (Å²) in [6.07, 6.45) is 5.06. The lowest BCUT2D eigenvalue weighted by atomic mass is 10.2. The average Bonchev–Trinajstić information content (AvgIpc) is 2.77. The fourth-order valence-corrected chi connectivity index (χ4v) is 2.18. The van der Waals surface area contributed by atoms with Gasteiger partial charge in [0.2, 0.25) is 0 Å². The van der Waals surface area contributed by atoms with E-state index in [0.717, 1.165) is 24.9 Å². The summed E-state index contributed by atoms with van der Waals surface area (Å²) in [6, 6.07) is 3.91. The first-order valence-electron chi connectivity index (χ1n) is 5.74. The first kappa shape index (κ1) is 11.9. The molecule has 1 amide bonds. The molecule has 5 nitrogen and oxygen atoms in total. The van der Waals surface area contributed by atoms with Crippen molar-refractivity contribution >= 4 is 11.6 Å². The molecule has 1 aliphatic rings. The van der Waals surface area contributed by atoms with E-state index in [0.29, 0.717) is 12.1 Å². The Labute approximate surface area is 100 Å². The van der Waals surface area contributed by atoms with Gasteiger partial charge in [0, 0.05) is 25.0 Å². The third kappa shape index (κ3) is 2.94. The Bertz CT molecular complexity index is 408. The van der Waals surface area contributed by atoms with E-state index in [2.05, 4.69) is 10.3 Å². The summed E-state index contributed by atoms with van der Waals surface area (Å²) in [6.45, 7) is 0. The predicted molar refractivity (Wildman–Crippen MR) is 64.8 cm³/mol. The molecule has 3 N–H and O–H groups in total. The summed E-state index contributed by atoms with van der Waals surface area (Å²) in [7, 11) is 1.74. The summed E-state index contributed by atoms with van der Waals surface area (Å²) >= 11 is 0. The van der Waals surface area contributed by atoms with Gasteiger partial charge in [-0.15, -0.1) is 0 Å². The maximum Gasteiger partial charge on any atom is 0.267 e. The van der Waals surface area contributed by atoms with Crippen molar-refractivity contribution in [2.45, 2.75) is 31.4 Å². The molecule has 2 atom stereocenters. The quantitative estimate of drug-likeness (QED) is 0.821. The molecule has 1 aliphatic carbocycles. The summed E-state index contributed by atoms with van der Waals surface area (Å²) < 4.78 is 5.31. The number of anilines is 1. The molecule has 92 valence electrons. The van der Waals surface area contributed by atoms with Crippen LogP contribution in [-0.2, 0) is 4.74 Å². The Morgan fingerprint density at radius 3 is 3.06 bits per heavy atom. The van der Waals surface area contributed by atoms with Gasteiger partial charge in [-0.05, 0) is 31.4 Å². The number of nitrogens with one attached hydrogen (secondary N) is 1. The van der Waals surface area contributed by atoms with Crippen LogP contribution in [0, 0.1) is 0 Å². The number of hydrogen-bond donors (Lipinski definition) is 2. The topological polar surface area (TPSA) is 77.2 Å². The number of amides is 1. The lowest BCUT2D eigenvalue weighted by molar-refractivity contribution is 0.0995. The van der Waals surface area contributed by atoms with Crippen molar-refractivity contribution in [3.8, 4) is 0 Å². The highest BCUT2D eigenvalue weighted by Gasteiger charge is 2.24. The van der Waals surface area contributed by atoms with Crippen molar-refractivity contribution in [3.05, 3.63) is 24.0 Å². The van der Waals surface area contributed by atoms with Crippen LogP contribution >= 0.6 is 0 Å². The minimum absolute atomic E-state index is 0.288. The number of hydrogen-bond acceptors (Lipinski definition) is 4. The van der Waals surface area contributed by atoms with Gasteiger partial charge in [-0.3, -0.25) is 9.78 Å². The van der Waals surface area contributed by atoms with Crippen LogP contribution in [-0.4, -0.2) is 30.1 Å². The molecule has 2 unspecified atom stereocenters. The number of ether oxygens (including phenoxy) is 1. The van der Waals surface area contributed by atoms with Crippen LogP contribution in [0.1, 0.15) is 29.8 Å². The van der Waals surface area contributed by atoms with Gasteiger partial charge in [0.25, 0.3) is 5.91 Å². The van der Waals surface area contributed by atoms with E-state index in [1.54, 1.807) is 19.4 Å². The zero-order chi connectivity index (χ0) is 12.3. The van der Waals surface area contributed by atoms with Crippen molar-refractivity contribution in [1.82, 2.24) is 4.98 Å². The molecule has 0 aliphatic heterocycles. The van der Waals surface area contributed by atoms with Gasteiger partial charge in [-0.2, -0.15) is 0 Å². The third-order valence-corrected chi connectivity index (χ3v) is 3.10. The smallest absolute Gasteiger partial charge is 0.267 e. The van der Waals surface area contributed by atoms with Gasteiger partial charge in [0.15, 0.2) is 0 Å². The van der Waals surface area contributed by atoms with E-state index in [1.165, 1.54) is 0 Å². The van der Waals surface area contributed by atoms with Crippen molar-refractivity contribution in [2.24, 2.45) is 5.73 Å². The van der Waals surface area contributed by atoms with Crippen LogP contribution in [0.2, 0.25) is 0 Å². The fraction of sp³-hybridized carbons (Fsp3) is 0.500. The highest BCUT2D eigenvalue weighted by Crippen LogP contribution is 2.24. The number of carbonyl (C=O) groups excluding carboxylic acids is 1. The van der Waals surface area contributed by atoms with E-state index in [-0.39, 0.29) is 5.69 Å². The summed E-state index contributed by atoms with van der Waals surface area (Å²) in [4.78, 5) is 14.9. The molecule has 1 fully saturated rings. The van der Waals surface area contributed by atoms with Gasteiger partial charge in [-0.25, -0.2) is 0 Å². The van der Waals surface area contributed by atoms with Crippen LogP contribution in [0.3, 0.4) is 0 Å². The van der Waals surface area contributed by atoms with Crippen LogP contribution in [0.25, 0.3) is 0 Å². The summed E-state index contributed by atoms with van der Waals surface area (Å²) in [5.74, 6) is -0.505. The van der Waals surface area contributed by atoms with E-state index >= 15 is 0 Å². The Morgan fingerprint density at radius 2 is 2.41 bits per heavy atom.